The van der Waals surface area contributed by atoms with Crippen LogP contribution in [0.5, 0.6) is 0 Å². The van der Waals surface area contributed by atoms with Gasteiger partial charge in [0.1, 0.15) is 0 Å². The van der Waals surface area contributed by atoms with Gasteiger partial charge in [-0.05, 0) is 42.9 Å². The molecule has 0 radical (unpaired) electrons. The van der Waals surface area contributed by atoms with E-state index in [2.05, 4.69) is 36.9 Å². The molecule has 14 heavy (non-hydrogen) atoms. The van der Waals surface area contributed by atoms with Gasteiger partial charge in [-0.3, -0.25) is 0 Å². The summed E-state index contributed by atoms with van der Waals surface area (Å²) in [4.78, 5) is 2.16. The van der Waals surface area contributed by atoms with E-state index in [1.807, 2.05) is 12.2 Å². The van der Waals surface area contributed by atoms with E-state index in [1.165, 1.54) is 30.5 Å². The van der Waals surface area contributed by atoms with Crippen LogP contribution in [0.2, 0.25) is 0 Å². The minimum Gasteiger partial charge on any atom is -0.345 e. The van der Waals surface area contributed by atoms with Gasteiger partial charge in [0.25, 0.3) is 0 Å². The molecule has 0 amide bonds. The molecule has 1 heterocycles. The summed E-state index contributed by atoms with van der Waals surface area (Å²) in [5, 5.41) is 0. The minimum absolute atomic E-state index is 0.689. The first-order valence-electron chi connectivity index (χ1n) is 5.36. The fourth-order valence-electron chi connectivity index (χ4n) is 2.13. The summed E-state index contributed by atoms with van der Waals surface area (Å²) < 4.78 is 0. The number of rotatable bonds is 1. The predicted octanol–water partition coefficient (Wildman–Crippen LogP) is 3.23. The van der Waals surface area contributed by atoms with Crippen LogP contribution in [-0.2, 0) is 0 Å². The Kier molecular flexibility index (Phi) is 2.60. The van der Waals surface area contributed by atoms with E-state index in [9.17, 15) is 0 Å². The largest absolute Gasteiger partial charge is 0.345 e. The average Bonchev–Trinajstić information content (AvgIpc) is 2.20. The van der Waals surface area contributed by atoms with E-state index in [1.54, 1.807) is 0 Å². The lowest BCUT2D eigenvalue weighted by Gasteiger charge is -2.27. The molecule has 1 unspecified atom stereocenters. The predicted molar refractivity (Wildman–Crippen MR) is 59.6 cm³/mol. The van der Waals surface area contributed by atoms with E-state index in [0.717, 1.165) is 0 Å². The molecular weight excluding hydrogens is 170 g/mol. The van der Waals surface area contributed by atoms with E-state index in [-0.39, 0.29) is 0 Å². The third kappa shape index (κ3) is 1.69. The molecule has 0 saturated heterocycles. The number of hydrogen-bond donors (Lipinski definition) is 0. The zero-order valence-corrected chi connectivity index (χ0v) is 8.96. The Morgan fingerprint density at radius 3 is 3.07 bits per heavy atom. The standard InChI is InChI=1S/C13H17N/c1-11-7-3-4-8-12(11)13-9-5-6-10-14(13)2/h5-6,8,10-11H,3-4,7H2,1-2H3. The van der Waals surface area contributed by atoms with Gasteiger partial charge in [-0.15, -0.1) is 0 Å². The average molecular weight is 187 g/mol. The van der Waals surface area contributed by atoms with Gasteiger partial charge in [-0.25, -0.2) is 0 Å². The summed E-state index contributed by atoms with van der Waals surface area (Å²) in [5.74, 6) is 0.689. The molecule has 0 aromatic carbocycles. The topological polar surface area (TPSA) is 3.24 Å². The maximum atomic E-state index is 3.33. The second-order valence-corrected chi connectivity index (χ2v) is 4.10. The van der Waals surface area contributed by atoms with Crippen LogP contribution in [0.3, 0.4) is 0 Å². The van der Waals surface area contributed by atoms with Gasteiger partial charge in [0.2, 0.25) is 0 Å². The maximum absolute atomic E-state index is 3.33. The van der Waals surface area contributed by atoms with E-state index in [0.29, 0.717) is 5.92 Å². The van der Waals surface area contributed by atoms with Gasteiger partial charge in [-0.1, -0.05) is 18.7 Å². The molecule has 1 nitrogen and oxygen atoms in total. The monoisotopic (exact) mass is 187 g/mol. The fourth-order valence-corrected chi connectivity index (χ4v) is 2.13. The first-order chi connectivity index (χ1) is 6.79. The lowest BCUT2D eigenvalue weighted by Crippen LogP contribution is -2.18. The van der Waals surface area contributed by atoms with Crippen LogP contribution >= 0.6 is 0 Å². The third-order valence-corrected chi connectivity index (χ3v) is 2.99. The van der Waals surface area contributed by atoms with Crippen LogP contribution in [0, 0.1) is 5.92 Å². The molecule has 0 bridgehead atoms. The van der Waals surface area contributed by atoms with Crippen molar-refractivity contribution >= 4 is 0 Å². The summed E-state index contributed by atoms with van der Waals surface area (Å²) in [7, 11) is 2.09. The van der Waals surface area contributed by atoms with Crippen LogP contribution in [0.1, 0.15) is 26.2 Å². The lowest BCUT2D eigenvalue weighted by atomic mass is 9.87. The number of likely N-dealkylation sites (N-methyl/N-ethyl adjacent to an activating group) is 1. The minimum atomic E-state index is 0.689. The molecule has 2 aliphatic rings. The molecule has 1 atom stereocenters. The highest BCUT2D eigenvalue weighted by atomic mass is 15.1. The number of hydrogen-bond acceptors (Lipinski definition) is 1. The molecule has 0 N–H and O–H groups in total. The molecule has 1 aliphatic carbocycles. The van der Waals surface area contributed by atoms with Crippen LogP contribution in [0.15, 0.2) is 41.4 Å². The van der Waals surface area contributed by atoms with Crippen LogP contribution in [0.25, 0.3) is 0 Å². The summed E-state index contributed by atoms with van der Waals surface area (Å²) in [6.07, 6.45) is 12.4. The molecule has 2 rings (SSSR count). The van der Waals surface area contributed by atoms with Crippen molar-refractivity contribution in [2.75, 3.05) is 7.05 Å². The summed E-state index contributed by atoms with van der Waals surface area (Å²) in [6.45, 7) is 2.31. The molecule has 74 valence electrons. The Bertz CT molecular complexity index is 340. The molecule has 1 heteroatoms. The van der Waals surface area contributed by atoms with Gasteiger partial charge < -0.3 is 4.90 Å². The highest BCUT2D eigenvalue weighted by molar-refractivity contribution is 5.36. The maximum Gasteiger partial charge on any atom is 0.0869 e. The summed E-state index contributed by atoms with van der Waals surface area (Å²) >= 11 is 0. The number of allylic oxidation sites excluding steroid dienone is 3. The highest BCUT2D eigenvalue weighted by Crippen LogP contribution is 2.31. The summed E-state index contributed by atoms with van der Waals surface area (Å²) in [6, 6.07) is 0. The van der Waals surface area contributed by atoms with Crippen molar-refractivity contribution in [3.8, 4) is 0 Å². The van der Waals surface area contributed by atoms with Gasteiger partial charge >= 0.3 is 0 Å². The molecule has 0 aromatic rings. The Morgan fingerprint density at radius 1 is 1.50 bits per heavy atom. The van der Waals surface area contributed by atoms with Crippen molar-refractivity contribution in [2.45, 2.75) is 26.2 Å². The van der Waals surface area contributed by atoms with E-state index >= 15 is 0 Å². The van der Waals surface area contributed by atoms with Gasteiger partial charge in [0, 0.05) is 13.2 Å². The zero-order chi connectivity index (χ0) is 9.97. The molecule has 0 saturated carbocycles. The van der Waals surface area contributed by atoms with Crippen LogP contribution in [-0.4, -0.2) is 11.9 Å². The van der Waals surface area contributed by atoms with Crippen molar-refractivity contribution in [1.29, 1.82) is 0 Å². The molecule has 0 spiro atoms. The second-order valence-electron chi connectivity index (χ2n) is 4.10. The normalized spacial score (nSPS) is 26.1. The lowest BCUT2D eigenvalue weighted by molar-refractivity contribution is 0.501. The first kappa shape index (κ1) is 9.36. The van der Waals surface area contributed by atoms with Crippen LogP contribution in [0.4, 0.5) is 0 Å². The fraction of sp³-hybridized carbons (Fsp3) is 0.462. The van der Waals surface area contributed by atoms with Gasteiger partial charge in [-0.2, -0.15) is 0 Å². The van der Waals surface area contributed by atoms with Crippen molar-refractivity contribution in [3.05, 3.63) is 41.4 Å². The summed E-state index contributed by atoms with van der Waals surface area (Å²) in [5.41, 5.74) is 6.05. The Labute approximate surface area is 86.1 Å². The van der Waals surface area contributed by atoms with Gasteiger partial charge in [0.15, 0.2) is 0 Å². The smallest absolute Gasteiger partial charge is 0.0869 e. The Hall–Kier alpha value is -1.20. The second kappa shape index (κ2) is 3.89. The first-order valence-corrected chi connectivity index (χ1v) is 5.36. The SMILES string of the molecule is CC1CCCC=C1C1=C=CC=CN1C. The molecule has 0 fully saturated rings. The quantitative estimate of drug-likeness (QED) is 0.570. The zero-order valence-electron chi connectivity index (χ0n) is 8.96. The third-order valence-electron chi connectivity index (χ3n) is 2.99. The van der Waals surface area contributed by atoms with Crippen LogP contribution < -0.4 is 0 Å². The number of nitrogens with zero attached hydrogens (tertiary/aromatic N) is 1. The Morgan fingerprint density at radius 2 is 2.36 bits per heavy atom. The van der Waals surface area contributed by atoms with Crippen molar-refractivity contribution in [2.24, 2.45) is 5.92 Å². The highest BCUT2D eigenvalue weighted by Gasteiger charge is 2.18. The van der Waals surface area contributed by atoms with E-state index < -0.39 is 0 Å². The molecule has 0 aromatic heterocycles. The molecule has 1 aliphatic heterocycles. The Balaban J connectivity index is 2.31. The molecular formula is C13H17N. The van der Waals surface area contributed by atoms with E-state index in [4.69, 9.17) is 0 Å². The van der Waals surface area contributed by atoms with Crippen molar-refractivity contribution in [3.63, 3.8) is 0 Å². The van der Waals surface area contributed by atoms with Gasteiger partial charge in [0.05, 0.1) is 5.70 Å². The van der Waals surface area contributed by atoms with Crippen molar-refractivity contribution in [1.82, 2.24) is 4.90 Å². The van der Waals surface area contributed by atoms with Crippen molar-refractivity contribution < 1.29 is 0 Å².